The molecule has 0 unspecified atom stereocenters. The molecule has 1 fully saturated rings. The van der Waals surface area contributed by atoms with Crippen molar-refractivity contribution in [2.24, 2.45) is 0 Å². The summed E-state index contributed by atoms with van der Waals surface area (Å²) in [6.45, 7) is 6.70. The number of carbonyl (C=O) groups excluding carboxylic acids is 1. The van der Waals surface area contributed by atoms with Crippen LogP contribution in [0.2, 0.25) is 0 Å². The van der Waals surface area contributed by atoms with Crippen molar-refractivity contribution in [1.82, 2.24) is 19.7 Å². The number of thiazole rings is 1. The van der Waals surface area contributed by atoms with Crippen molar-refractivity contribution >= 4 is 32.7 Å². The molecular weight excluding hydrogens is 413 g/mol. The second kappa shape index (κ2) is 7.77. The number of halogens is 1. The van der Waals surface area contributed by atoms with E-state index in [1.807, 2.05) is 16.5 Å². The molecule has 0 atom stereocenters. The number of hydrogen-bond donors (Lipinski definition) is 0. The third-order valence-electron chi connectivity index (χ3n) is 5.58. The molecule has 0 radical (unpaired) electrons. The molecule has 1 amide bonds. The number of fused-ring (bicyclic) bond motifs is 1. The number of hydrogen-bond acceptors (Lipinski definition) is 5. The predicted octanol–water partition coefficient (Wildman–Crippen LogP) is 4.20. The molecule has 1 saturated heterocycles. The largest absolute Gasteiger partial charge is 0.344 e. The first-order chi connectivity index (χ1) is 15.0. The molecule has 0 spiro atoms. The van der Waals surface area contributed by atoms with Gasteiger partial charge in [0.15, 0.2) is 10.8 Å². The third-order valence-corrected chi connectivity index (χ3v) is 6.80. The lowest BCUT2D eigenvalue weighted by Crippen LogP contribution is -2.48. The molecule has 2 aromatic carbocycles. The number of aryl methyl sites for hydroxylation is 2. The summed E-state index contributed by atoms with van der Waals surface area (Å²) in [6.07, 6.45) is 0. The predicted molar refractivity (Wildman–Crippen MR) is 121 cm³/mol. The Balaban J connectivity index is 1.34. The molecule has 8 heteroatoms. The Hall–Kier alpha value is -3.26. The fraction of sp³-hybridized carbons (Fsp3) is 0.261. The Bertz CT molecular complexity index is 1240. The topological polar surface area (TPSA) is 54.3 Å². The van der Waals surface area contributed by atoms with Crippen molar-refractivity contribution in [3.63, 3.8) is 0 Å². The SMILES string of the molecule is Cc1ccc(-n2nc(C)c3sc(N4CCN(C(=O)c5ccc(F)cc5)CC4)nc32)cc1. The van der Waals surface area contributed by atoms with Crippen molar-refractivity contribution in [2.75, 3.05) is 31.1 Å². The number of benzene rings is 2. The maximum absolute atomic E-state index is 13.1. The Morgan fingerprint density at radius 2 is 1.65 bits per heavy atom. The van der Waals surface area contributed by atoms with E-state index >= 15 is 0 Å². The van der Waals surface area contributed by atoms with Crippen molar-refractivity contribution in [2.45, 2.75) is 13.8 Å². The number of anilines is 1. The maximum atomic E-state index is 13.1. The first-order valence-electron chi connectivity index (χ1n) is 10.2. The van der Waals surface area contributed by atoms with E-state index in [0.29, 0.717) is 31.7 Å². The standard InChI is InChI=1S/C23H22FN5OS/c1-15-3-9-19(10-4-15)29-21-20(16(2)26-29)31-23(25-21)28-13-11-27(12-14-28)22(30)17-5-7-18(24)8-6-17/h3-10H,11-14H2,1-2H3. The number of aromatic nitrogens is 3. The monoisotopic (exact) mass is 435 g/mol. The lowest BCUT2D eigenvalue weighted by Gasteiger charge is -2.34. The van der Waals surface area contributed by atoms with Crippen LogP contribution >= 0.6 is 11.3 Å². The van der Waals surface area contributed by atoms with E-state index in [9.17, 15) is 9.18 Å². The van der Waals surface area contributed by atoms with E-state index in [1.54, 1.807) is 11.3 Å². The van der Waals surface area contributed by atoms with Gasteiger partial charge in [-0.25, -0.2) is 9.07 Å². The molecule has 31 heavy (non-hydrogen) atoms. The summed E-state index contributed by atoms with van der Waals surface area (Å²) in [6, 6.07) is 14.0. The number of amides is 1. The van der Waals surface area contributed by atoms with Gasteiger partial charge in [-0.3, -0.25) is 4.79 Å². The smallest absolute Gasteiger partial charge is 0.253 e. The summed E-state index contributed by atoms with van der Waals surface area (Å²) in [5.74, 6) is -0.397. The Morgan fingerprint density at radius 1 is 0.968 bits per heavy atom. The van der Waals surface area contributed by atoms with Crippen molar-refractivity contribution in [3.05, 3.63) is 71.2 Å². The molecule has 0 saturated carbocycles. The van der Waals surface area contributed by atoms with Gasteiger partial charge in [0, 0.05) is 31.7 Å². The summed E-state index contributed by atoms with van der Waals surface area (Å²) < 4.78 is 16.1. The van der Waals surface area contributed by atoms with Gasteiger partial charge in [-0.15, -0.1) is 0 Å². The number of carbonyl (C=O) groups is 1. The first-order valence-corrected chi connectivity index (χ1v) is 11.0. The Kier molecular flexibility index (Phi) is 4.94. The van der Waals surface area contributed by atoms with Crippen LogP contribution < -0.4 is 4.90 Å². The first kappa shape index (κ1) is 19.7. The van der Waals surface area contributed by atoms with Gasteiger partial charge in [0.1, 0.15) is 5.82 Å². The fourth-order valence-corrected chi connectivity index (χ4v) is 4.84. The number of rotatable bonds is 3. The van der Waals surface area contributed by atoms with Crippen LogP contribution in [0.1, 0.15) is 21.6 Å². The zero-order valence-electron chi connectivity index (χ0n) is 17.4. The van der Waals surface area contributed by atoms with Gasteiger partial charge in [-0.2, -0.15) is 10.1 Å². The third kappa shape index (κ3) is 3.67. The highest BCUT2D eigenvalue weighted by Crippen LogP contribution is 2.33. The summed E-state index contributed by atoms with van der Waals surface area (Å²) in [5.41, 5.74) is 4.55. The zero-order valence-corrected chi connectivity index (χ0v) is 18.2. The average Bonchev–Trinajstić information content (AvgIpc) is 3.35. The average molecular weight is 436 g/mol. The summed E-state index contributed by atoms with van der Waals surface area (Å²) in [7, 11) is 0. The van der Waals surface area contributed by atoms with E-state index in [-0.39, 0.29) is 11.7 Å². The van der Waals surface area contributed by atoms with Crippen molar-refractivity contribution in [1.29, 1.82) is 0 Å². The molecule has 2 aromatic heterocycles. The second-order valence-corrected chi connectivity index (χ2v) is 8.75. The van der Waals surface area contributed by atoms with E-state index < -0.39 is 0 Å². The molecule has 5 rings (SSSR count). The van der Waals surface area contributed by atoms with Crippen LogP contribution in [-0.2, 0) is 0 Å². The number of nitrogens with zero attached hydrogens (tertiary/aromatic N) is 5. The molecule has 1 aliphatic heterocycles. The molecule has 0 N–H and O–H groups in total. The molecule has 0 bridgehead atoms. The molecule has 1 aliphatic rings. The lowest BCUT2D eigenvalue weighted by atomic mass is 10.2. The minimum atomic E-state index is -0.336. The van der Waals surface area contributed by atoms with Crippen LogP contribution in [0.3, 0.4) is 0 Å². The van der Waals surface area contributed by atoms with Gasteiger partial charge < -0.3 is 9.80 Å². The second-order valence-electron chi connectivity index (χ2n) is 7.77. The van der Waals surface area contributed by atoms with Crippen LogP contribution in [0.5, 0.6) is 0 Å². The van der Waals surface area contributed by atoms with E-state index in [1.165, 1.54) is 29.8 Å². The summed E-state index contributed by atoms with van der Waals surface area (Å²) >= 11 is 1.64. The highest BCUT2D eigenvalue weighted by Gasteiger charge is 2.25. The van der Waals surface area contributed by atoms with Gasteiger partial charge in [0.05, 0.1) is 16.1 Å². The minimum absolute atomic E-state index is 0.0604. The normalized spacial score (nSPS) is 14.4. The van der Waals surface area contributed by atoms with E-state index in [0.717, 1.165) is 26.9 Å². The zero-order chi connectivity index (χ0) is 21.5. The van der Waals surface area contributed by atoms with Crippen LogP contribution in [0.25, 0.3) is 16.0 Å². The Morgan fingerprint density at radius 3 is 2.32 bits per heavy atom. The van der Waals surface area contributed by atoms with Crippen LogP contribution in [-0.4, -0.2) is 51.8 Å². The molecule has 3 heterocycles. The fourth-order valence-electron chi connectivity index (χ4n) is 3.80. The molecule has 158 valence electrons. The van der Waals surface area contributed by atoms with Gasteiger partial charge in [-0.05, 0) is 50.2 Å². The summed E-state index contributed by atoms with van der Waals surface area (Å²) in [4.78, 5) is 21.6. The van der Waals surface area contributed by atoms with Crippen molar-refractivity contribution in [3.8, 4) is 5.69 Å². The molecule has 6 nitrogen and oxygen atoms in total. The summed E-state index contributed by atoms with van der Waals surface area (Å²) in [5, 5.41) is 5.63. The van der Waals surface area contributed by atoms with E-state index in [2.05, 4.69) is 41.2 Å². The van der Waals surface area contributed by atoms with Crippen molar-refractivity contribution < 1.29 is 9.18 Å². The quantitative estimate of drug-likeness (QED) is 0.484. The minimum Gasteiger partial charge on any atom is -0.344 e. The van der Waals surface area contributed by atoms with Crippen LogP contribution in [0.15, 0.2) is 48.5 Å². The Labute approximate surface area is 183 Å². The molecule has 4 aromatic rings. The van der Waals surface area contributed by atoms with Gasteiger partial charge in [0.25, 0.3) is 5.91 Å². The molecular formula is C23H22FN5OS. The lowest BCUT2D eigenvalue weighted by molar-refractivity contribution is 0.0746. The molecule has 0 aliphatic carbocycles. The highest BCUT2D eigenvalue weighted by molar-refractivity contribution is 7.22. The van der Waals surface area contributed by atoms with Crippen LogP contribution in [0, 0.1) is 19.7 Å². The van der Waals surface area contributed by atoms with Crippen LogP contribution in [0.4, 0.5) is 9.52 Å². The van der Waals surface area contributed by atoms with Gasteiger partial charge in [-0.1, -0.05) is 29.0 Å². The number of piperazine rings is 1. The highest BCUT2D eigenvalue weighted by atomic mass is 32.1. The maximum Gasteiger partial charge on any atom is 0.253 e. The van der Waals surface area contributed by atoms with Gasteiger partial charge >= 0.3 is 0 Å². The van der Waals surface area contributed by atoms with E-state index in [4.69, 9.17) is 4.98 Å². The van der Waals surface area contributed by atoms with Gasteiger partial charge in [0.2, 0.25) is 0 Å².